The lowest BCUT2D eigenvalue weighted by atomic mass is 9.82. The van der Waals surface area contributed by atoms with Crippen molar-refractivity contribution in [3.05, 3.63) is 332 Å². The molecule has 0 spiro atoms. The summed E-state index contributed by atoms with van der Waals surface area (Å²) in [5.74, 6) is 0. The lowest BCUT2D eigenvalue weighted by Crippen LogP contribution is -2.31. The topological polar surface area (TPSA) is 68.1 Å². The van der Waals surface area contributed by atoms with Gasteiger partial charge in [0.2, 0.25) is 22.8 Å². The average molecular weight is 1650 g/mol. The predicted molar refractivity (Wildman–Crippen MR) is 519 cm³/mol. The number of benzene rings is 12. The van der Waals surface area contributed by atoms with Crippen molar-refractivity contribution in [1.29, 1.82) is 0 Å². The van der Waals surface area contributed by atoms with E-state index in [0.717, 1.165) is 44.7 Å². The monoisotopic (exact) mass is 1650 g/mol. The number of thiophene rings is 2. The number of hydrogen-bond donors (Lipinski definition) is 0. The Morgan fingerprint density at radius 2 is 0.581 bits per heavy atom. The van der Waals surface area contributed by atoms with Crippen LogP contribution in [0.1, 0.15) is 117 Å². The summed E-state index contributed by atoms with van der Waals surface area (Å²) in [6, 6.07) is 79.9. The van der Waals surface area contributed by atoms with Gasteiger partial charge in [-0.25, -0.2) is 18.3 Å². The smallest absolute Gasteiger partial charge is 0.216 e. The average Bonchev–Trinajstić information content (AvgIpc) is 1.56. The molecule has 124 heavy (non-hydrogen) atoms. The molecule has 10 aromatic heterocycles. The van der Waals surface area contributed by atoms with E-state index < -0.39 is 0 Å². The van der Waals surface area contributed by atoms with Crippen LogP contribution >= 0.6 is 22.7 Å². The van der Waals surface area contributed by atoms with E-state index >= 15 is 0 Å². The van der Waals surface area contributed by atoms with Crippen LogP contribution in [0.25, 0.3) is 195 Å². The van der Waals surface area contributed by atoms with Gasteiger partial charge in [0.25, 0.3) is 0 Å². The molecule has 2 aliphatic carbocycles. The van der Waals surface area contributed by atoms with Gasteiger partial charge in [0.1, 0.15) is 72.9 Å². The van der Waals surface area contributed by atoms with Crippen LogP contribution in [0.15, 0.2) is 261 Å². The van der Waals surface area contributed by atoms with Gasteiger partial charge in [0.15, 0.2) is 24.8 Å². The van der Waals surface area contributed by atoms with Gasteiger partial charge in [-0.2, -0.15) is 0 Å². The lowest BCUT2D eigenvalue weighted by molar-refractivity contribution is -0.660. The maximum Gasteiger partial charge on any atom is 0.216 e. The molecule has 0 amide bonds. The minimum atomic E-state index is -0.0294. The molecule has 2 aliphatic rings. The Morgan fingerprint density at radius 1 is 0.226 bits per heavy atom. The number of fused-ring (bicyclic) bond motifs is 25. The highest BCUT2D eigenvalue weighted by Crippen LogP contribution is 2.55. The Hall–Kier alpha value is -13.1. The van der Waals surface area contributed by atoms with Crippen LogP contribution in [-0.2, 0) is 39.0 Å². The molecule has 0 saturated carbocycles. The van der Waals surface area contributed by atoms with Crippen LogP contribution in [0.3, 0.4) is 0 Å². The van der Waals surface area contributed by atoms with Crippen molar-refractivity contribution in [3.63, 3.8) is 0 Å². The summed E-state index contributed by atoms with van der Waals surface area (Å²) >= 11 is 3.68. The Labute approximate surface area is 730 Å². The standard InChI is InChI=1S/2C30H28NO.2C27H22NOS/c1-17-11-12-21-23-14-25-22(20-9-7-8-10-24(20)30(25,4)5)15-27(23)32-29(21)28(17)26-13-18(2)19(3)16-31(26)6;1-17-11-12-21-23-14-22-20-9-7-8-10-24(20)30(4,5)25(22)15-27(23)32-29(21)28(17)26-13-18(2)19(3)16-31(26)6;1-15-9-10-19-20-12-21-18-7-5-6-8-24(18)30-25(21)13-23(20)29-27(19)26(15)22-11-16(2)17(3)14-28(22)4;1-15-9-10-19-25-21(11-12-23-26(25)18-7-5-6-8-22(18)30-23)29-27(19)24(15)20-13-16(2)17(3)14-28(20)4/h2*7-16H,1-6H3;2*5-14H,1-4H3/q4*+1. The molecule has 10 heterocycles. The second kappa shape index (κ2) is 28.7. The summed E-state index contributed by atoms with van der Waals surface area (Å²) in [4.78, 5) is 0. The number of nitrogens with zero attached hydrogens (tertiary/aromatic N) is 4. The fourth-order valence-electron chi connectivity index (χ4n) is 20.5. The van der Waals surface area contributed by atoms with E-state index in [9.17, 15) is 0 Å². The van der Waals surface area contributed by atoms with Crippen molar-refractivity contribution in [1.82, 2.24) is 0 Å². The molecule has 8 nitrogen and oxygen atoms in total. The van der Waals surface area contributed by atoms with Gasteiger partial charge in [-0.05, 0) is 233 Å². The molecule has 0 fully saturated rings. The van der Waals surface area contributed by atoms with E-state index in [1.807, 2.05) is 22.7 Å². The number of pyridine rings is 4. The van der Waals surface area contributed by atoms with Crippen molar-refractivity contribution in [2.24, 2.45) is 28.2 Å². The van der Waals surface area contributed by atoms with E-state index in [0.29, 0.717) is 0 Å². The van der Waals surface area contributed by atoms with Gasteiger partial charge in [0.05, 0.1) is 22.3 Å². The first-order valence-corrected chi connectivity index (χ1v) is 44.8. The van der Waals surface area contributed by atoms with Crippen molar-refractivity contribution in [2.45, 2.75) is 122 Å². The minimum absolute atomic E-state index is 0.0161. The molecule has 0 radical (unpaired) electrons. The molecule has 12 aromatic carbocycles. The number of aryl methyl sites for hydroxylation is 16. The number of hydrogen-bond acceptors (Lipinski definition) is 6. The first-order valence-electron chi connectivity index (χ1n) is 43.2. The molecule has 0 N–H and O–H groups in total. The Kier molecular flexibility index (Phi) is 18.1. The zero-order valence-electron chi connectivity index (χ0n) is 74.3. The summed E-state index contributed by atoms with van der Waals surface area (Å²) in [5, 5.41) is 14.8. The third-order valence-electron chi connectivity index (χ3n) is 27.8. The molecule has 0 bridgehead atoms. The van der Waals surface area contributed by atoms with Gasteiger partial charge in [0, 0.05) is 141 Å². The minimum Gasteiger partial charge on any atom is -0.455 e. The van der Waals surface area contributed by atoms with E-state index in [4.69, 9.17) is 17.7 Å². The lowest BCUT2D eigenvalue weighted by Gasteiger charge is -2.21. The maximum atomic E-state index is 6.65. The molecular formula is C114H100N4O4S2+4. The molecule has 0 unspecified atom stereocenters. The van der Waals surface area contributed by atoms with Crippen LogP contribution in [0.5, 0.6) is 0 Å². The Balaban J connectivity index is 0.000000101. The predicted octanol–water partition coefficient (Wildman–Crippen LogP) is 29.4. The highest BCUT2D eigenvalue weighted by molar-refractivity contribution is 7.26. The van der Waals surface area contributed by atoms with Gasteiger partial charge in [-0.3, -0.25) is 0 Å². The summed E-state index contributed by atoms with van der Waals surface area (Å²) in [6.45, 7) is 35.3. The summed E-state index contributed by atoms with van der Waals surface area (Å²) < 4.78 is 40.5. The van der Waals surface area contributed by atoms with Crippen LogP contribution in [0, 0.1) is 83.1 Å². The number of aromatic nitrogens is 4. The van der Waals surface area contributed by atoms with Crippen molar-refractivity contribution >= 4 is 151 Å². The van der Waals surface area contributed by atoms with Crippen molar-refractivity contribution < 1.29 is 35.9 Å². The van der Waals surface area contributed by atoms with Crippen molar-refractivity contribution in [2.75, 3.05) is 0 Å². The van der Waals surface area contributed by atoms with Gasteiger partial charge < -0.3 is 17.7 Å². The van der Waals surface area contributed by atoms with Crippen molar-refractivity contribution in [3.8, 4) is 67.3 Å². The first-order chi connectivity index (χ1) is 59.6. The molecule has 24 rings (SSSR count). The van der Waals surface area contributed by atoms with E-state index in [1.54, 1.807) is 0 Å². The molecule has 608 valence electrons. The second-order valence-corrected chi connectivity index (χ2v) is 38.6. The van der Waals surface area contributed by atoms with E-state index in [1.165, 1.54) is 240 Å². The maximum absolute atomic E-state index is 6.65. The molecule has 0 atom stereocenters. The van der Waals surface area contributed by atoms with E-state index in [2.05, 4.69) is 400 Å². The van der Waals surface area contributed by atoms with Gasteiger partial charge in [-0.1, -0.05) is 161 Å². The fraction of sp³-hybridized carbons (Fsp3) is 0.193. The van der Waals surface area contributed by atoms with Gasteiger partial charge >= 0.3 is 0 Å². The summed E-state index contributed by atoms with van der Waals surface area (Å²) in [6.07, 6.45) is 8.82. The van der Waals surface area contributed by atoms with Crippen LogP contribution < -0.4 is 18.3 Å². The second-order valence-electron chi connectivity index (χ2n) is 36.5. The zero-order chi connectivity index (χ0) is 85.9. The highest BCUT2D eigenvalue weighted by Gasteiger charge is 2.39. The summed E-state index contributed by atoms with van der Waals surface area (Å²) in [5.41, 5.74) is 43.3. The molecule has 0 aliphatic heterocycles. The third kappa shape index (κ3) is 12.1. The zero-order valence-corrected chi connectivity index (χ0v) is 76.0. The van der Waals surface area contributed by atoms with Gasteiger partial charge in [-0.15, -0.1) is 22.7 Å². The normalized spacial score (nSPS) is 13.1. The molecule has 10 heteroatoms. The molecule has 22 aromatic rings. The van der Waals surface area contributed by atoms with Crippen LogP contribution in [-0.4, -0.2) is 0 Å². The summed E-state index contributed by atoms with van der Waals surface area (Å²) in [7, 11) is 8.48. The first kappa shape index (κ1) is 78.2. The quantitative estimate of drug-likeness (QED) is 0.165. The molecule has 0 saturated heterocycles. The highest BCUT2D eigenvalue weighted by atomic mass is 32.1. The third-order valence-corrected chi connectivity index (χ3v) is 30.1. The number of furan rings is 4. The molecular weight excluding hydrogens is 1550 g/mol. The Bertz CT molecular complexity index is 8320. The van der Waals surface area contributed by atoms with Crippen LogP contribution in [0.2, 0.25) is 0 Å². The number of rotatable bonds is 4. The largest absolute Gasteiger partial charge is 0.455 e. The fourth-order valence-corrected chi connectivity index (χ4v) is 22.7. The Morgan fingerprint density at radius 3 is 1.06 bits per heavy atom. The van der Waals surface area contributed by atoms with E-state index in [-0.39, 0.29) is 10.8 Å². The SMILES string of the molecule is Cc1cc(-c2c(C)ccc3c2oc2cc4c(cc23)-c2ccccc2C4(C)C)[n+](C)cc1C.Cc1cc(-c2c(C)ccc3c2oc2cc4c(cc23)C(C)(C)c2ccccc2-4)[n+](C)cc1C.Cc1cc(-c2c(C)ccc3c2oc2cc4sc5ccccc5c4cc23)[n+](C)cc1C.Cc1cc(-c2c(C)ccc3c2oc2ccc4sc5ccccc5c4c23)[n+](C)cc1C. The van der Waals surface area contributed by atoms with Crippen LogP contribution in [0.4, 0.5) is 0 Å².